The number of allylic oxidation sites excluding steroid dienone is 1. The van der Waals surface area contributed by atoms with E-state index in [4.69, 9.17) is 0 Å². The van der Waals surface area contributed by atoms with E-state index in [-0.39, 0.29) is 17.1 Å². The van der Waals surface area contributed by atoms with Gasteiger partial charge in [0.2, 0.25) is 0 Å². The lowest BCUT2D eigenvalue weighted by molar-refractivity contribution is -0.168. The Hall–Kier alpha value is -0.960. The van der Waals surface area contributed by atoms with Gasteiger partial charge in [0, 0.05) is 18.3 Å². The van der Waals surface area contributed by atoms with E-state index in [1.807, 2.05) is 13.0 Å². The molecular weight excluding hydrogens is 288 g/mol. The molecule has 23 heavy (non-hydrogen) atoms. The van der Waals surface area contributed by atoms with E-state index in [2.05, 4.69) is 6.92 Å². The second-order valence-electron chi connectivity index (χ2n) is 8.67. The largest absolute Gasteiger partial charge is 0.390 e. The number of carbonyl (C=O) groups excluding carboxylic acids is 2. The van der Waals surface area contributed by atoms with Gasteiger partial charge in [-0.2, -0.15) is 0 Å². The maximum atomic E-state index is 12.7. The second kappa shape index (κ2) is 5.02. The molecule has 0 heterocycles. The molecule has 0 saturated heterocycles. The Bertz CT molecular complexity index is 588. The summed E-state index contributed by atoms with van der Waals surface area (Å²) in [5.74, 6) is 2.12. The van der Waals surface area contributed by atoms with Crippen LogP contribution in [-0.4, -0.2) is 22.3 Å². The van der Waals surface area contributed by atoms with Crippen molar-refractivity contribution in [3.05, 3.63) is 11.6 Å². The van der Waals surface area contributed by atoms with Gasteiger partial charge >= 0.3 is 0 Å². The summed E-state index contributed by atoms with van der Waals surface area (Å²) in [6, 6.07) is 0. The predicted molar refractivity (Wildman–Crippen MR) is 87.7 cm³/mol. The molecule has 0 unspecified atom stereocenters. The topological polar surface area (TPSA) is 54.4 Å². The first-order chi connectivity index (χ1) is 10.9. The Balaban J connectivity index is 1.76. The van der Waals surface area contributed by atoms with E-state index < -0.39 is 5.60 Å². The fourth-order valence-corrected chi connectivity index (χ4v) is 6.91. The van der Waals surface area contributed by atoms with Gasteiger partial charge in [-0.3, -0.25) is 9.59 Å². The minimum Gasteiger partial charge on any atom is -0.390 e. The van der Waals surface area contributed by atoms with E-state index in [0.717, 1.165) is 32.1 Å². The van der Waals surface area contributed by atoms with Crippen molar-refractivity contribution in [2.24, 2.45) is 29.1 Å². The minimum atomic E-state index is -0.790. The van der Waals surface area contributed by atoms with Gasteiger partial charge in [0.05, 0.1) is 5.60 Å². The fraction of sp³-hybridized carbons (Fsp3) is 0.800. The van der Waals surface area contributed by atoms with Gasteiger partial charge in [0.1, 0.15) is 5.78 Å². The molecule has 0 amide bonds. The van der Waals surface area contributed by atoms with Crippen LogP contribution < -0.4 is 0 Å². The molecule has 3 nitrogen and oxygen atoms in total. The summed E-state index contributed by atoms with van der Waals surface area (Å²) in [6.07, 6.45) is 8.59. The van der Waals surface area contributed by atoms with Crippen LogP contribution in [0.4, 0.5) is 0 Å². The molecule has 126 valence electrons. The van der Waals surface area contributed by atoms with Crippen LogP contribution >= 0.6 is 0 Å². The van der Waals surface area contributed by atoms with E-state index in [9.17, 15) is 14.7 Å². The third-order valence-corrected chi connectivity index (χ3v) is 7.67. The number of hydrogen-bond acceptors (Lipinski definition) is 3. The number of carbonyl (C=O) groups is 2. The summed E-state index contributed by atoms with van der Waals surface area (Å²) in [5, 5.41) is 11.4. The molecule has 6 atom stereocenters. The number of fused-ring (bicyclic) bond motifs is 5. The first-order valence-electron chi connectivity index (χ1n) is 9.38. The van der Waals surface area contributed by atoms with Crippen LogP contribution in [0.2, 0.25) is 0 Å². The highest BCUT2D eigenvalue weighted by molar-refractivity contribution is 5.91. The van der Waals surface area contributed by atoms with E-state index in [0.29, 0.717) is 42.8 Å². The number of Topliss-reactive ketones (excluding diaryl/α,β-unsaturated/α-hetero) is 1. The average Bonchev–Trinajstić information content (AvgIpc) is 2.83. The molecule has 4 aliphatic carbocycles. The van der Waals surface area contributed by atoms with Gasteiger partial charge in [-0.1, -0.05) is 12.5 Å². The van der Waals surface area contributed by atoms with Crippen molar-refractivity contribution in [3.8, 4) is 0 Å². The maximum Gasteiger partial charge on any atom is 0.155 e. The Kier molecular flexibility index (Phi) is 3.39. The zero-order valence-corrected chi connectivity index (χ0v) is 14.3. The smallest absolute Gasteiger partial charge is 0.155 e. The summed E-state index contributed by atoms with van der Waals surface area (Å²) in [5.41, 5.74) is 0.203. The number of aliphatic hydroxyl groups is 1. The maximum absolute atomic E-state index is 12.7. The first-order valence-corrected chi connectivity index (χ1v) is 9.38. The monoisotopic (exact) mass is 316 g/mol. The zero-order valence-electron chi connectivity index (χ0n) is 14.3. The van der Waals surface area contributed by atoms with Crippen LogP contribution in [0.15, 0.2) is 11.6 Å². The molecule has 0 bridgehead atoms. The van der Waals surface area contributed by atoms with Crippen molar-refractivity contribution in [2.45, 2.75) is 70.8 Å². The third-order valence-electron chi connectivity index (χ3n) is 7.67. The molecule has 0 aromatic heterocycles. The summed E-state index contributed by atoms with van der Waals surface area (Å²) in [7, 11) is 0. The van der Waals surface area contributed by atoms with Crippen molar-refractivity contribution >= 4 is 11.6 Å². The standard InChI is InChI=1S/C20H28O3/c1-3-20-11-19(2,23)18-14-7-5-13(21)10-12(14)4-6-15(18)16(20)8-9-17(20)22/h10,14-16,18,23H,3-9,11H2,1-2H3/t14-,15-,16-,18+,19-,20-/m0/s1. The highest BCUT2D eigenvalue weighted by atomic mass is 16.3. The molecule has 3 fully saturated rings. The molecule has 0 aliphatic heterocycles. The normalized spacial score (nSPS) is 49.3. The van der Waals surface area contributed by atoms with Crippen LogP contribution in [0.3, 0.4) is 0 Å². The highest BCUT2D eigenvalue weighted by Gasteiger charge is 2.63. The molecule has 1 N–H and O–H groups in total. The molecular formula is C20H28O3. The summed E-state index contributed by atoms with van der Waals surface area (Å²) in [4.78, 5) is 24.5. The van der Waals surface area contributed by atoms with Gasteiger partial charge < -0.3 is 5.11 Å². The molecule has 4 aliphatic rings. The Morgan fingerprint density at radius 3 is 2.70 bits per heavy atom. The van der Waals surface area contributed by atoms with Gasteiger partial charge in [0.25, 0.3) is 0 Å². The number of hydrogen-bond donors (Lipinski definition) is 1. The minimum absolute atomic E-state index is 0.228. The van der Waals surface area contributed by atoms with Crippen molar-refractivity contribution in [1.29, 1.82) is 0 Å². The lowest BCUT2D eigenvalue weighted by Gasteiger charge is -2.59. The Labute approximate surface area is 138 Å². The molecule has 3 heteroatoms. The molecule has 3 saturated carbocycles. The Morgan fingerprint density at radius 1 is 1.17 bits per heavy atom. The first kappa shape index (κ1) is 15.6. The van der Waals surface area contributed by atoms with E-state index in [1.54, 1.807) is 0 Å². The number of ketones is 2. The summed E-state index contributed by atoms with van der Waals surface area (Å²) < 4.78 is 0. The third kappa shape index (κ3) is 2.05. The van der Waals surface area contributed by atoms with Crippen molar-refractivity contribution in [3.63, 3.8) is 0 Å². The molecule has 4 rings (SSSR count). The van der Waals surface area contributed by atoms with Crippen molar-refractivity contribution in [2.75, 3.05) is 0 Å². The predicted octanol–water partition coefficient (Wildman–Crippen LogP) is 3.45. The van der Waals surface area contributed by atoms with E-state index in [1.165, 1.54) is 5.57 Å². The zero-order chi connectivity index (χ0) is 16.4. The lowest BCUT2D eigenvalue weighted by Crippen LogP contribution is -2.59. The fourth-order valence-electron chi connectivity index (χ4n) is 6.91. The average molecular weight is 316 g/mol. The molecule has 0 radical (unpaired) electrons. The quantitative estimate of drug-likeness (QED) is 0.806. The molecule has 0 aromatic carbocycles. The van der Waals surface area contributed by atoms with Crippen molar-refractivity contribution in [1.82, 2.24) is 0 Å². The second-order valence-corrected chi connectivity index (χ2v) is 8.67. The van der Waals surface area contributed by atoms with Gasteiger partial charge in [-0.25, -0.2) is 0 Å². The Morgan fingerprint density at radius 2 is 1.96 bits per heavy atom. The van der Waals surface area contributed by atoms with Gasteiger partial charge in [-0.05, 0) is 75.2 Å². The van der Waals surface area contributed by atoms with Crippen LogP contribution in [0.5, 0.6) is 0 Å². The van der Waals surface area contributed by atoms with Gasteiger partial charge in [-0.15, -0.1) is 0 Å². The van der Waals surface area contributed by atoms with Crippen LogP contribution in [0, 0.1) is 29.1 Å². The molecule has 0 spiro atoms. The van der Waals surface area contributed by atoms with Crippen molar-refractivity contribution < 1.29 is 14.7 Å². The van der Waals surface area contributed by atoms with Crippen LogP contribution in [0.1, 0.15) is 65.2 Å². The van der Waals surface area contributed by atoms with Crippen LogP contribution in [-0.2, 0) is 9.59 Å². The van der Waals surface area contributed by atoms with E-state index >= 15 is 0 Å². The van der Waals surface area contributed by atoms with Gasteiger partial charge in [0.15, 0.2) is 5.78 Å². The summed E-state index contributed by atoms with van der Waals surface area (Å²) in [6.45, 7) is 4.09. The molecule has 0 aromatic rings. The highest BCUT2D eigenvalue weighted by Crippen LogP contribution is 2.64. The lowest BCUT2D eigenvalue weighted by atomic mass is 9.47. The number of rotatable bonds is 1. The van der Waals surface area contributed by atoms with Crippen LogP contribution in [0.25, 0.3) is 0 Å². The summed E-state index contributed by atoms with van der Waals surface area (Å²) >= 11 is 0. The SMILES string of the molecule is CC[C@]12C[C@](C)(O)[C@H]3[C@@H](CCC4=CC(=O)CC[C@@H]43)[C@@H]1CCC2=O.